The van der Waals surface area contributed by atoms with Crippen LogP contribution in [0.15, 0.2) is 46.9 Å². The van der Waals surface area contributed by atoms with Crippen molar-refractivity contribution in [2.24, 2.45) is 11.1 Å². The van der Waals surface area contributed by atoms with Gasteiger partial charge >= 0.3 is 5.97 Å². The number of carbonyl (C=O) groups excluding carboxylic acids is 1. The van der Waals surface area contributed by atoms with E-state index in [9.17, 15) is 4.79 Å². The monoisotopic (exact) mass is 327 g/mol. The quantitative estimate of drug-likeness (QED) is 0.430. The average Bonchev–Trinajstić information content (AvgIpc) is 3.17. The third-order valence-corrected chi connectivity index (χ3v) is 5.20. The zero-order valence-corrected chi connectivity index (χ0v) is 14.5. The van der Waals surface area contributed by atoms with E-state index in [0.717, 1.165) is 12.1 Å². The zero-order chi connectivity index (χ0) is 16.4. The van der Waals surface area contributed by atoms with Gasteiger partial charge in [0.15, 0.2) is 0 Å². The number of rotatable bonds is 5. The summed E-state index contributed by atoms with van der Waals surface area (Å²) in [4.78, 5) is 17.4. The molecule has 120 valence electrons. The zero-order valence-electron chi connectivity index (χ0n) is 13.7. The molecule has 1 aromatic heterocycles. The summed E-state index contributed by atoms with van der Waals surface area (Å²) in [6.07, 6.45) is 1.08. The van der Waals surface area contributed by atoms with Gasteiger partial charge in [0.25, 0.3) is 0 Å². The Hall–Kier alpha value is -1.94. The molecule has 0 bridgehead atoms. The topological polar surface area (TPSA) is 38.7 Å². The summed E-state index contributed by atoms with van der Waals surface area (Å²) in [5, 5.41) is 5.89. The standard InChI is InChI=1S/C19H21NO2S/c1-12(2)14-6-8-15(9-7-14)17-11-16(17)13(3)20-22-19(21)18-5-4-10-23-18/h4-10,12,16-17H,11H2,1-3H3/b20-13-. The summed E-state index contributed by atoms with van der Waals surface area (Å²) < 4.78 is 0. The lowest BCUT2D eigenvalue weighted by atomic mass is 9.99. The van der Waals surface area contributed by atoms with Crippen molar-refractivity contribution in [3.8, 4) is 0 Å². The molecule has 2 aromatic rings. The maximum Gasteiger partial charge on any atom is 0.375 e. The fourth-order valence-corrected chi connectivity index (χ4v) is 3.37. The van der Waals surface area contributed by atoms with Gasteiger partial charge in [0.1, 0.15) is 4.88 Å². The first-order chi connectivity index (χ1) is 11.1. The van der Waals surface area contributed by atoms with Crippen LogP contribution in [0.25, 0.3) is 0 Å². The Bertz CT molecular complexity index is 701. The lowest BCUT2D eigenvalue weighted by Gasteiger charge is -2.06. The molecule has 0 saturated heterocycles. The number of carbonyl (C=O) groups is 1. The van der Waals surface area contributed by atoms with Crippen molar-refractivity contribution < 1.29 is 9.63 Å². The minimum Gasteiger partial charge on any atom is -0.312 e. The highest BCUT2D eigenvalue weighted by molar-refractivity contribution is 7.11. The number of thiophene rings is 1. The molecule has 0 radical (unpaired) electrons. The summed E-state index contributed by atoms with van der Waals surface area (Å²) in [5.41, 5.74) is 3.60. The van der Waals surface area contributed by atoms with Gasteiger partial charge in [-0.05, 0) is 47.8 Å². The van der Waals surface area contributed by atoms with Crippen molar-refractivity contribution in [1.82, 2.24) is 0 Å². The molecule has 4 heteroatoms. The molecule has 1 aliphatic carbocycles. The number of hydrogen-bond acceptors (Lipinski definition) is 4. The van der Waals surface area contributed by atoms with E-state index in [0.29, 0.717) is 22.6 Å². The van der Waals surface area contributed by atoms with Gasteiger partial charge < -0.3 is 4.84 Å². The maximum atomic E-state index is 11.8. The first kappa shape index (κ1) is 15.9. The van der Waals surface area contributed by atoms with Crippen LogP contribution in [0.2, 0.25) is 0 Å². The third-order valence-electron chi connectivity index (χ3n) is 4.35. The van der Waals surface area contributed by atoms with Crippen LogP contribution >= 0.6 is 11.3 Å². The minimum absolute atomic E-state index is 0.377. The second-order valence-electron chi connectivity index (χ2n) is 6.36. The van der Waals surface area contributed by atoms with Crippen molar-refractivity contribution in [2.45, 2.75) is 39.0 Å². The highest BCUT2D eigenvalue weighted by Gasteiger charge is 2.40. The molecule has 2 atom stereocenters. The molecular weight excluding hydrogens is 306 g/mol. The molecule has 0 amide bonds. The number of oxime groups is 1. The van der Waals surface area contributed by atoms with Crippen LogP contribution in [0.3, 0.4) is 0 Å². The Morgan fingerprint density at radius 1 is 1.26 bits per heavy atom. The Morgan fingerprint density at radius 2 is 2.00 bits per heavy atom. The first-order valence-corrected chi connectivity index (χ1v) is 8.83. The highest BCUT2D eigenvalue weighted by atomic mass is 32.1. The van der Waals surface area contributed by atoms with E-state index in [1.165, 1.54) is 22.5 Å². The predicted molar refractivity (Wildman–Crippen MR) is 94.2 cm³/mol. The van der Waals surface area contributed by atoms with Crippen molar-refractivity contribution in [2.75, 3.05) is 0 Å². The molecule has 3 nitrogen and oxygen atoms in total. The van der Waals surface area contributed by atoms with Crippen molar-refractivity contribution in [3.05, 3.63) is 57.8 Å². The molecule has 23 heavy (non-hydrogen) atoms. The van der Waals surface area contributed by atoms with Gasteiger partial charge in [0.2, 0.25) is 0 Å². The van der Waals surface area contributed by atoms with Gasteiger partial charge in [-0.25, -0.2) is 4.79 Å². The first-order valence-electron chi connectivity index (χ1n) is 7.95. The lowest BCUT2D eigenvalue weighted by molar-refractivity contribution is 0.0520. The van der Waals surface area contributed by atoms with Crippen molar-refractivity contribution in [3.63, 3.8) is 0 Å². The number of hydrogen-bond donors (Lipinski definition) is 0. The largest absolute Gasteiger partial charge is 0.375 e. The van der Waals surface area contributed by atoms with E-state index in [-0.39, 0.29) is 5.97 Å². The Labute approximate surface area is 141 Å². The van der Waals surface area contributed by atoms with E-state index in [4.69, 9.17) is 4.84 Å². The Balaban J connectivity index is 1.59. The van der Waals surface area contributed by atoms with Crippen LogP contribution in [0.5, 0.6) is 0 Å². The molecule has 1 heterocycles. The molecule has 1 saturated carbocycles. The average molecular weight is 327 g/mol. The molecule has 0 aliphatic heterocycles. The summed E-state index contributed by atoms with van der Waals surface area (Å²) in [6.45, 7) is 6.34. The van der Waals surface area contributed by atoms with Gasteiger partial charge in [0.05, 0.1) is 5.71 Å². The number of nitrogens with zero attached hydrogens (tertiary/aromatic N) is 1. The normalized spacial score (nSPS) is 20.6. The maximum absolute atomic E-state index is 11.8. The smallest absolute Gasteiger partial charge is 0.312 e. The summed E-state index contributed by atoms with van der Waals surface area (Å²) >= 11 is 1.36. The molecule has 1 aromatic carbocycles. The summed E-state index contributed by atoms with van der Waals surface area (Å²) in [7, 11) is 0. The molecule has 0 N–H and O–H groups in total. The van der Waals surface area contributed by atoms with E-state index in [1.54, 1.807) is 6.07 Å². The van der Waals surface area contributed by atoms with Crippen LogP contribution in [0.1, 0.15) is 59.8 Å². The molecule has 1 aliphatic rings. The Kier molecular flexibility index (Phi) is 4.62. The van der Waals surface area contributed by atoms with Crippen LogP contribution in [-0.4, -0.2) is 11.7 Å². The summed E-state index contributed by atoms with van der Waals surface area (Å²) in [6, 6.07) is 12.4. The van der Waals surface area contributed by atoms with E-state index in [2.05, 4.69) is 43.3 Å². The van der Waals surface area contributed by atoms with Gasteiger partial charge in [-0.3, -0.25) is 0 Å². The second-order valence-corrected chi connectivity index (χ2v) is 7.31. The third kappa shape index (κ3) is 3.70. The molecular formula is C19H21NO2S. The minimum atomic E-state index is -0.377. The van der Waals surface area contributed by atoms with E-state index < -0.39 is 0 Å². The van der Waals surface area contributed by atoms with Crippen LogP contribution in [0, 0.1) is 5.92 Å². The van der Waals surface area contributed by atoms with Gasteiger partial charge in [-0.1, -0.05) is 49.3 Å². The van der Waals surface area contributed by atoms with E-state index >= 15 is 0 Å². The Morgan fingerprint density at radius 3 is 2.61 bits per heavy atom. The van der Waals surface area contributed by atoms with Gasteiger partial charge in [0, 0.05) is 5.92 Å². The highest BCUT2D eigenvalue weighted by Crippen LogP contribution is 2.48. The van der Waals surface area contributed by atoms with Crippen LogP contribution in [-0.2, 0) is 4.84 Å². The van der Waals surface area contributed by atoms with E-state index in [1.807, 2.05) is 18.4 Å². The molecule has 3 rings (SSSR count). The second kappa shape index (κ2) is 6.67. The fourth-order valence-electron chi connectivity index (χ4n) is 2.77. The van der Waals surface area contributed by atoms with Gasteiger partial charge in [-0.2, -0.15) is 0 Å². The number of benzene rings is 1. The van der Waals surface area contributed by atoms with Crippen LogP contribution < -0.4 is 0 Å². The lowest BCUT2D eigenvalue weighted by Crippen LogP contribution is -2.03. The molecule has 1 fully saturated rings. The van der Waals surface area contributed by atoms with Crippen LogP contribution in [0.4, 0.5) is 0 Å². The molecule has 0 spiro atoms. The molecule has 2 unspecified atom stereocenters. The predicted octanol–water partition coefficient (Wildman–Crippen LogP) is 5.21. The van der Waals surface area contributed by atoms with Crippen molar-refractivity contribution in [1.29, 1.82) is 0 Å². The van der Waals surface area contributed by atoms with Gasteiger partial charge in [-0.15, -0.1) is 11.3 Å². The fraction of sp³-hybridized carbons (Fsp3) is 0.368. The summed E-state index contributed by atoms with van der Waals surface area (Å²) in [5.74, 6) is 1.06. The van der Waals surface area contributed by atoms with Crippen molar-refractivity contribution >= 4 is 23.0 Å². The SMILES string of the molecule is C/C(=N/OC(=O)c1cccs1)C1CC1c1ccc(C(C)C)cc1.